The molecule has 0 aromatic heterocycles. The van der Waals surface area contributed by atoms with E-state index in [0.29, 0.717) is 0 Å². The van der Waals surface area contributed by atoms with E-state index >= 15 is 0 Å². The monoisotopic (exact) mass is 310 g/mol. The van der Waals surface area contributed by atoms with Crippen LogP contribution in [0.4, 0.5) is 0 Å². The Labute approximate surface area is 137 Å². The molecule has 0 saturated heterocycles. The molecular formula is C20H22O3. The summed E-state index contributed by atoms with van der Waals surface area (Å²) in [5.74, 6) is -0.203. The molecule has 23 heavy (non-hydrogen) atoms. The average Bonchev–Trinajstić information content (AvgIpc) is 2.45. The van der Waals surface area contributed by atoms with Gasteiger partial charge in [-0.15, -0.1) is 0 Å². The zero-order valence-electron chi connectivity index (χ0n) is 14.0. The molecule has 0 atom stereocenters. The summed E-state index contributed by atoms with van der Waals surface area (Å²) in [5.41, 5.74) is 3.89. The zero-order chi connectivity index (χ0) is 17.0. The molecule has 120 valence electrons. The highest BCUT2D eigenvalue weighted by molar-refractivity contribution is 6.21. The first-order valence-electron chi connectivity index (χ1n) is 7.66. The number of aliphatic carboxylic acids is 1. The summed E-state index contributed by atoms with van der Waals surface area (Å²) in [5, 5.41) is 9.60. The van der Waals surface area contributed by atoms with Gasteiger partial charge < -0.3 is 9.84 Å². The van der Waals surface area contributed by atoms with Gasteiger partial charge in [-0.3, -0.25) is 0 Å². The summed E-state index contributed by atoms with van der Waals surface area (Å²) >= 11 is 0. The van der Waals surface area contributed by atoms with Crippen LogP contribution in [0.2, 0.25) is 0 Å². The van der Waals surface area contributed by atoms with Crippen molar-refractivity contribution in [1.29, 1.82) is 0 Å². The molecule has 1 N–H and O–H groups in total. The first kappa shape index (κ1) is 16.8. The number of hydrogen-bond donors (Lipinski definition) is 1. The molecule has 0 saturated carbocycles. The van der Waals surface area contributed by atoms with Crippen LogP contribution in [0.3, 0.4) is 0 Å². The molecule has 3 heteroatoms. The van der Waals surface area contributed by atoms with Crippen LogP contribution in [-0.4, -0.2) is 17.2 Å². The number of carboxylic acids is 1. The van der Waals surface area contributed by atoms with Crippen molar-refractivity contribution in [3.63, 3.8) is 0 Å². The Morgan fingerprint density at radius 2 is 1.87 bits per heavy atom. The molecule has 0 bridgehead atoms. The molecule has 0 aliphatic heterocycles. The Balaban J connectivity index is 2.45. The standard InChI is InChI=1S/C20H22O3/c1-13(2)23-17-7-5-6-16(11-17)12-19(20(21)22)18-9-8-14(3)10-15(18)4/h5-13H,1-4H3,(H,21,22)/b19-12-. The molecule has 0 unspecified atom stereocenters. The predicted octanol–water partition coefficient (Wildman–Crippen LogP) is 4.72. The van der Waals surface area contributed by atoms with E-state index in [1.807, 2.05) is 70.2 Å². The van der Waals surface area contributed by atoms with Gasteiger partial charge in [0, 0.05) is 0 Å². The van der Waals surface area contributed by atoms with Crippen molar-refractivity contribution >= 4 is 17.6 Å². The predicted molar refractivity (Wildman–Crippen MR) is 93.6 cm³/mol. The molecule has 0 aliphatic carbocycles. The molecule has 2 aromatic carbocycles. The number of carboxylic acid groups (broad SMARTS) is 1. The molecule has 0 amide bonds. The summed E-state index contributed by atoms with van der Waals surface area (Å²) in [6.07, 6.45) is 1.76. The second-order valence-corrected chi connectivity index (χ2v) is 5.92. The molecule has 0 radical (unpaired) electrons. The second kappa shape index (κ2) is 7.14. The van der Waals surface area contributed by atoms with Crippen molar-refractivity contribution in [2.45, 2.75) is 33.8 Å². The second-order valence-electron chi connectivity index (χ2n) is 5.92. The summed E-state index contributed by atoms with van der Waals surface area (Å²) in [4.78, 5) is 11.7. The average molecular weight is 310 g/mol. The fraction of sp³-hybridized carbons (Fsp3) is 0.250. The van der Waals surface area contributed by atoms with Crippen molar-refractivity contribution < 1.29 is 14.6 Å². The maximum absolute atomic E-state index is 11.7. The van der Waals surface area contributed by atoms with Crippen LogP contribution in [0.5, 0.6) is 5.75 Å². The zero-order valence-corrected chi connectivity index (χ0v) is 14.0. The van der Waals surface area contributed by atoms with Crippen LogP contribution in [0.1, 0.15) is 36.1 Å². The maximum atomic E-state index is 11.7. The lowest BCUT2D eigenvalue weighted by atomic mass is 9.97. The minimum Gasteiger partial charge on any atom is -0.491 e. The Hall–Kier alpha value is -2.55. The molecule has 0 spiro atoms. The van der Waals surface area contributed by atoms with E-state index in [1.54, 1.807) is 6.08 Å². The minimum atomic E-state index is -0.938. The van der Waals surface area contributed by atoms with Crippen LogP contribution in [-0.2, 0) is 4.79 Å². The third-order valence-corrected chi connectivity index (χ3v) is 3.44. The smallest absolute Gasteiger partial charge is 0.336 e. The Morgan fingerprint density at radius 1 is 1.13 bits per heavy atom. The van der Waals surface area contributed by atoms with E-state index in [0.717, 1.165) is 28.0 Å². The van der Waals surface area contributed by atoms with E-state index in [2.05, 4.69) is 0 Å². The first-order chi connectivity index (χ1) is 10.9. The largest absolute Gasteiger partial charge is 0.491 e. The van der Waals surface area contributed by atoms with Crippen LogP contribution in [0.15, 0.2) is 42.5 Å². The number of ether oxygens (including phenoxy) is 1. The molecule has 2 rings (SSSR count). The quantitative estimate of drug-likeness (QED) is 0.642. The lowest BCUT2D eigenvalue weighted by molar-refractivity contribution is -0.130. The SMILES string of the molecule is Cc1ccc(/C(=C/c2cccc(OC(C)C)c2)C(=O)O)c(C)c1. The van der Waals surface area contributed by atoms with Gasteiger partial charge in [-0.2, -0.15) is 0 Å². The van der Waals surface area contributed by atoms with Crippen LogP contribution in [0.25, 0.3) is 11.6 Å². The van der Waals surface area contributed by atoms with E-state index in [-0.39, 0.29) is 11.7 Å². The summed E-state index contributed by atoms with van der Waals surface area (Å²) < 4.78 is 5.67. The van der Waals surface area contributed by atoms with Gasteiger partial charge in [0.2, 0.25) is 0 Å². The van der Waals surface area contributed by atoms with Crippen molar-refractivity contribution in [3.8, 4) is 5.75 Å². The van der Waals surface area contributed by atoms with E-state index in [4.69, 9.17) is 4.74 Å². The number of aryl methyl sites for hydroxylation is 2. The van der Waals surface area contributed by atoms with E-state index in [9.17, 15) is 9.90 Å². The molecule has 3 nitrogen and oxygen atoms in total. The van der Waals surface area contributed by atoms with Crippen molar-refractivity contribution in [2.75, 3.05) is 0 Å². The normalized spacial score (nSPS) is 11.6. The van der Waals surface area contributed by atoms with Crippen LogP contribution in [0, 0.1) is 13.8 Å². The number of carbonyl (C=O) groups is 1. The molecule has 2 aromatic rings. The number of rotatable bonds is 5. The third kappa shape index (κ3) is 4.46. The maximum Gasteiger partial charge on any atom is 0.336 e. The topological polar surface area (TPSA) is 46.5 Å². The van der Waals surface area contributed by atoms with Crippen molar-refractivity contribution in [2.24, 2.45) is 0 Å². The van der Waals surface area contributed by atoms with Gasteiger partial charge in [0.1, 0.15) is 5.75 Å². The van der Waals surface area contributed by atoms with E-state index < -0.39 is 5.97 Å². The lowest BCUT2D eigenvalue weighted by Gasteiger charge is -2.11. The van der Waals surface area contributed by atoms with Gasteiger partial charge in [0.25, 0.3) is 0 Å². The molecular weight excluding hydrogens is 288 g/mol. The lowest BCUT2D eigenvalue weighted by Crippen LogP contribution is -2.05. The highest BCUT2D eigenvalue weighted by Gasteiger charge is 2.13. The van der Waals surface area contributed by atoms with Crippen molar-refractivity contribution in [1.82, 2.24) is 0 Å². The molecule has 0 fully saturated rings. The van der Waals surface area contributed by atoms with Gasteiger partial charge in [0.15, 0.2) is 0 Å². The van der Waals surface area contributed by atoms with Gasteiger partial charge >= 0.3 is 5.97 Å². The highest BCUT2D eigenvalue weighted by atomic mass is 16.5. The number of hydrogen-bond acceptors (Lipinski definition) is 2. The fourth-order valence-corrected chi connectivity index (χ4v) is 2.49. The van der Waals surface area contributed by atoms with Crippen LogP contribution >= 0.6 is 0 Å². The van der Waals surface area contributed by atoms with Crippen LogP contribution < -0.4 is 4.74 Å². The van der Waals surface area contributed by atoms with E-state index in [1.165, 1.54) is 0 Å². The van der Waals surface area contributed by atoms with Gasteiger partial charge in [-0.05, 0) is 62.6 Å². The van der Waals surface area contributed by atoms with Crippen molar-refractivity contribution in [3.05, 3.63) is 64.7 Å². The van der Waals surface area contributed by atoms with Gasteiger partial charge in [-0.25, -0.2) is 4.79 Å². The summed E-state index contributed by atoms with van der Waals surface area (Å²) in [6, 6.07) is 13.2. The van der Waals surface area contributed by atoms with Gasteiger partial charge in [0.05, 0.1) is 11.7 Å². The number of benzene rings is 2. The highest BCUT2D eigenvalue weighted by Crippen LogP contribution is 2.24. The molecule has 0 heterocycles. The molecule has 0 aliphatic rings. The summed E-state index contributed by atoms with van der Waals surface area (Å²) in [7, 11) is 0. The summed E-state index contributed by atoms with van der Waals surface area (Å²) in [6.45, 7) is 7.84. The fourth-order valence-electron chi connectivity index (χ4n) is 2.49. The third-order valence-electron chi connectivity index (χ3n) is 3.44. The Morgan fingerprint density at radius 3 is 2.48 bits per heavy atom. The Kier molecular flexibility index (Phi) is 5.22. The first-order valence-corrected chi connectivity index (χ1v) is 7.66. The minimum absolute atomic E-state index is 0.0764. The van der Waals surface area contributed by atoms with Gasteiger partial charge in [-0.1, -0.05) is 35.9 Å². The Bertz CT molecular complexity index is 742.